The standard InChI is InChI=1S/C7H15NO.ClH/c1-7(4-6-9)3-2-5-8-7;/h8-9H,2-6H2,1H3;1H. The highest BCUT2D eigenvalue weighted by atomic mass is 35.5. The van der Waals surface area contributed by atoms with E-state index in [9.17, 15) is 0 Å². The Labute approximate surface area is 68.4 Å². The summed E-state index contributed by atoms with van der Waals surface area (Å²) in [4.78, 5) is 0. The molecule has 62 valence electrons. The van der Waals surface area contributed by atoms with Gasteiger partial charge in [-0.2, -0.15) is 0 Å². The van der Waals surface area contributed by atoms with Gasteiger partial charge in [0.05, 0.1) is 0 Å². The van der Waals surface area contributed by atoms with E-state index in [4.69, 9.17) is 5.11 Å². The van der Waals surface area contributed by atoms with Crippen LogP contribution in [0.3, 0.4) is 0 Å². The van der Waals surface area contributed by atoms with Crippen LogP contribution in [0.1, 0.15) is 26.2 Å². The Bertz CT molecular complexity index is 91.6. The Hall–Kier alpha value is 0.210. The molecule has 0 aromatic heterocycles. The summed E-state index contributed by atoms with van der Waals surface area (Å²) in [6.45, 7) is 3.61. The molecule has 1 atom stereocenters. The van der Waals surface area contributed by atoms with Crippen molar-refractivity contribution >= 4 is 12.4 Å². The molecular formula is C7H16ClNO. The number of nitrogens with one attached hydrogen (secondary N) is 1. The van der Waals surface area contributed by atoms with Crippen molar-refractivity contribution in [1.29, 1.82) is 0 Å². The van der Waals surface area contributed by atoms with Crippen LogP contribution < -0.4 is 5.32 Å². The second-order valence-electron chi connectivity index (χ2n) is 3.06. The molecule has 0 saturated carbocycles. The first-order valence-electron chi connectivity index (χ1n) is 3.63. The lowest BCUT2D eigenvalue weighted by Crippen LogP contribution is -2.36. The normalized spacial score (nSPS) is 31.8. The van der Waals surface area contributed by atoms with Crippen LogP contribution in [-0.2, 0) is 0 Å². The van der Waals surface area contributed by atoms with Gasteiger partial charge >= 0.3 is 0 Å². The topological polar surface area (TPSA) is 32.3 Å². The average molecular weight is 166 g/mol. The highest BCUT2D eigenvalue weighted by Crippen LogP contribution is 2.21. The Kier molecular flexibility index (Phi) is 4.25. The van der Waals surface area contributed by atoms with Crippen LogP contribution >= 0.6 is 12.4 Å². The van der Waals surface area contributed by atoms with E-state index in [1.165, 1.54) is 12.8 Å². The van der Waals surface area contributed by atoms with Gasteiger partial charge in [-0.05, 0) is 32.7 Å². The maximum absolute atomic E-state index is 8.65. The smallest absolute Gasteiger partial charge is 0.0448 e. The summed E-state index contributed by atoms with van der Waals surface area (Å²) in [6, 6.07) is 0. The number of aliphatic hydroxyl groups is 1. The highest BCUT2D eigenvalue weighted by Gasteiger charge is 2.26. The van der Waals surface area contributed by atoms with Gasteiger partial charge in [0.15, 0.2) is 0 Å². The zero-order valence-electron chi connectivity index (χ0n) is 6.39. The zero-order chi connectivity index (χ0) is 6.74. The molecule has 1 aliphatic heterocycles. The van der Waals surface area contributed by atoms with E-state index in [2.05, 4.69) is 12.2 Å². The van der Waals surface area contributed by atoms with E-state index in [-0.39, 0.29) is 17.9 Å². The lowest BCUT2D eigenvalue weighted by atomic mass is 9.97. The summed E-state index contributed by atoms with van der Waals surface area (Å²) in [5, 5.41) is 12.0. The lowest BCUT2D eigenvalue weighted by Gasteiger charge is -2.22. The molecule has 0 aliphatic carbocycles. The highest BCUT2D eigenvalue weighted by molar-refractivity contribution is 5.85. The van der Waals surface area contributed by atoms with E-state index in [1.807, 2.05) is 0 Å². The third-order valence-electron chi connectivity index (χ3n) is 2.12. The minimum Gasteiger partial charge on any atom is -0.396 e. The average Bonchev–Trinajstić information content (AvgIpc) is 2.16. The number of rotatable bonds is 2. The van der Waals surface area contributed by atoms with Crippen molar-refractivity contribution in [3.05, 3.63) is 0 Å². The van der Waals surface area contributed by atoms with Gasteiger partial charge in [0, 0.05) is 12.1 Å². The predicted molar refractivity (Wildman–Crippen MR) is 44.6 cm³/mol. The number of halogens is 1. The van der Waals surface area contributed by atoms with Crippen molar-refractivity contribution in [3.63, 3.8) is 0 Å². The Balaban J connectivity index is 0.000000810. The summed E-state index contributed by atoms with van der Waals surface area (Å²) in [6.07, 6.45) is 3.37. The molecule has 1 rings (SSSR count). The lowest BCUT2D eigenvalue weighted by molar-refractivity contribution is 0.234. The third kappa shape index (κ3) is 2.45. The van der Waals surface area contributed by atoms with Gasteiger partial charge in [-0.25, -0.2) is 0 Å². The second kappa shape index (κ2) is 4.16. The molecule has 3 heteroatoms. The summed E-state index contributed by atoms with van der Waals surface area (Å²) < 4.78 is 0. The van der Waals surface area contributed by atoms with Crippen molar-refractivity contribution in [3.8, 4) is 0 Å². The van der Waals surface area contributed by atoms with E-state index in [0.717, 1.165) is 13.0 Å². The quantitative estimate of drug-likeness (QED) is 0.638. The van der Waals surface area contributed by atoms with E-state index in [1.54, 1.807) is 0 Å². The van der Waals surface area contributed by atoms with Gasteiger partial charge < -0.3 is 10.4 Å². The molecule has 10 heavy (non-hydrogen) atoms. The molecule has 1 aliphatic rings. The van der Waals surface area contributed by atoms with Gasteiger partial charge in [-0.3, -0.25) is 0 Å². The molecule has 1 fully saturated rings. The number of hydrogen-bond donors (Lipinski definition) is 2. The molecule has 2 nitrogen and oxygen atoms in total. The summed E-state index contributed by atoms with van der Waals surface area (Å²) in [5.41, 5.74) is 0.245. The summed E-state index contributed by atoms with van der Waals surface area (Å²) in [5.74, 6) is 0. The fraction of sp³-hybridized carbons (Fsp3) is 1.00. The fourth-order valence-electron chi connectivity index (χ4n) is 1.42. The molecule has 0 amide bonds. The number of aliphatic hydroxyl groups excluding tert-OH is 1. The van der Waals surface area contributed by atoms with Gasteiger partial charge in [0.2, 0.25) is 0 Å². The number of hydrogen-bond acceptors (Lipinski definition) is 2. The first-order chi connectivity index (χ1) is 4.27. The maximum Gasteiger partial charge on any atom is 0.0448 e. The largest absolute Gasteiger partial charge is 0.396 e. The summed E-state index contributed by atoms with van der Waals surface area (Å²) in [7, 11) is 0. The zero-order valence-corrected chi connectivity index (χ0v) is 7.21. The van der Waals surface area contributed by atoms with Crippen LogP contribution in [0.5, 0.6) is 0 Å². The van der Waals surface area contributed by atoms with E-state index in [0.29, 0.717) is 6.61 Å². The van der Waals surface area contributed by atoms with Crippen molar-refractivity contribution in [2.75, 3.05) is 13.2 Å². The van der Waals surface area contributed by atoms with Crippen molar-refractivity contribution < 1.29 is 5.11 Å². The Morgan fingerprint density at radius 3 is 2.70 bits per heavy atom. The minimum atomic E-state index is 0. The van der Waals surface area contributed by atoms with Crippen LogP contribution in [-0.4, -0.2) is 23.8 Å². The van der Waals surface area contributed by atoms with E-state index < -0.39 is 0 Å². The van der Waals surface area contributed by atoms with E-state index >= 15 is 0 Å². The Morgan fingerprint density at radius 1 is 1.60 bits per heavy atom. The molecule has 0 aromatic rings. The van der Waals surface area contributed by atoms with Crippen molar-refractivity contribution in [1.82, 2.24) is 5.32 Å². The molecule has 1 unspecified atom stereocenters. The van der Waals surface area contributed by atoms with Gasteiger partial charge in [-0.1, -0.05) is 0 Å². The SMILES string of the molecule is CC1(CCO)CCCN1.Cl. The van der Waals surface area contributed by atoms with Crippen molar-refractivity contribution in [2.24, 2.45) is 0 Å². The van der Waals surface area contributed by atoms with Crippen LogP contribution in [0.15, 0.2) is 0 Å². The van der Waals surface area contributed by atoms with Gasteiger partial charge in [-0.15, -0.1) is 12.4 Å². The first-order valence-corrected chi connectivity index (χ1v) is 3.63. The Morgan fingerprint density at radius 2 is 2.30 bits per heavy atom. The molecule has 2 N–H and O–H groups in total. The molecule has 1 saturated heterocycles. The predicted octanol–water partition coefficient (Wildman–Crippen LogP) is 0.933. The molecule has 0 radical (unpaired) electrons. The van der Waals surface area contributed by atoms with Gasteiger partial charge in [0.25, 0.3) is 0 Å². The second-order valence-corrected chi connectivity index (χ2v) is 3.06. The first kappa shape index (κ1) is 10.2. The van der Waals surface area contributed by atoms with Crippen molar-refractivity contribution in [2.45, 2.75) is 31.7 Å². The molecule has 1 heterocycles. The molecular weight excluding hydrogens is 150 g/mol. The molecule has 0 spiro atoms. The summed E-state index contributed by atoms with van der Waals surface area (Å²) >= 11 is 0. The van der Waals surface area contributed by atoms with Crippen LogP contribution in [0, 0.1) is 0 Å². The van der Waals surface area contributed by atoms with Crippen LogP contribution in [0.25, 0.3) is 0 Å². The molecule has 0 aromatic carbocycles. The minimum absolute atomic E-state index is 0. The monoisotopic (exact) mass is 165 g/mol. The molecule has 0 bridgehead atoms. The van der Waals surface area contributed by atoms with Crippen LogP contribution in [0.4, 0.5) is 0 Å². The third-order valence-corrected chi connectivity index (χ3v) is 2.12. The van der Waals surface area contributed by atoms with Crippen LogP contribution in [0.2, 0.25) is 0 Å². The van der Waals surface area contributed by atoms with Gasteiger partial charge in [0.1, 0.15) is 0 Å². The maximum atomic E-state index is 8.65. The fourth-order valence-corrected chi connectivity index (χ4v) is 1.42.